The van der Waals surface area contributed by atoms with Crippen molar-refractivity contribution >= 4 is 11.8 Å². The minimum absolute atomic E-state index is 0.132. The number of carbonyl (C=O) groups excluding carboxylic acids is 2. The van der Waals surface area contributed by atoms with Crippen LogP contribution in [0.1, 0.15) is 64.0 Å². The SMILES string of the molecule is CCCCNC(=O)[C@H](CC)N(Cc1cccc(OC)c1)C(=O)COc1ccccc1C(C)C. The molecule has 0 fully saturated rings. The van der Waals surface area contributed by atoms with Gasteiger partial charge in [-0.3, -0.25) is 9.59 Å². The third-order valence-corrected chi connectivity index (χ3v) is 5.59. The zero-order chi connectivity index (χ0) is 24.2. The van der Waals surface area contributed by atoms with Crippen molar-refractivity contribution in [3.05, 3.63) is 59.7 Å². The molecule has 1 atom stereocenters. The van der Waals surface area contributed by atoms with Gasteiger partial charge in [0.15, 0.2) is 6.61 Å². The summed E-state index contributed by atoms with van der Waals surface area (Å²) in [5.74, 6) is 1.32. The van der Waals surface area contributed by atoms with E-state index >= 15 is 0 Å². The van der Waals surface area contributed by atoms with Gasteiger partial charge in [-0.15, -0.1) is 0 Å². The van der Waals surface area contributed by atoms with Crippen molar-refractivity contribution < 1.29 is 19.1 Å². The molecule has 0 saturated heterocycles. The second kappa shape index (κ2) is 13.5. The van der Waals surface area contributed by atoms with Gasteiger partial charge in [-0.05, 0) is 48.1 Å². The zero-order valence-electron chi connectivity index (χ0n) is 20.6. The monoisotopic (exact) mass is 454 g/mol. The fourth-order valence-corrected chi connectivity index (χ4v) is 3.70. The molecule has 0 unspecified atom stereocenters. The molecule has 0 bridgehead atoms. The summed E-state index contributed by atoms with van der Waals surface area (Å²) in [6, 6.07) is 14.7. The van der Waals surface area contributed by atoms with E-state index in [2.05, 4.69) is 26.1 Å². The third kappa shape index (κ3) is 7.81. The first-order valence-corrected chi connectivity index (χ1v) is 11.8. The number of nitrogens with zero attached hydrogens (tertiary/aromatic N) is 1. The van der Waals surface area contributed by atoms with Crippen LogP contribution in [0.25, 0.3) is 0 Å². The highest BCUT2D eigenvalue weighted by Gasteiger charge is 2.29. The van der Waals surface area contributed by atoms with E-state index in [-0.39, 0.29) is 24.3 Å². The molecule has 180 valence electrons. The van der Waals surface area contributed by atoms with Crippen LogP contribution in [0.2, 0.25) is 0 Å². The quantitative estimate of drug-likeness (QED) is 0.436. The standard InChI is InChI=1S/C27H38N2O4/c1-6-8-16-28-27(31)24(7-2)29(18-21-12-11-13-22(17-21)32-5)26(30)19-33-25-15-10-9-14-23(25)20(3)4/h9-15,17,20,24H,6-8,16,18-19H2,1-5H3,(H,28,31)/t24-/m0/s1. The molecule has 1 N–H and O–H groups in total. The molecule has 6 nitrogen and oxygen atoms in total. The summed E-state index contributed by atoms with van der Waals surface area (Å²) in [6.07, 6.45) is 2.41. The minimum Gasteiger partial charge on any atom is -0.497 e. The van der Waals surface area contributed by atoms with Crippen molar-refractivity contribution in [2.45, 2.75) is 65.5 Å². The van der Waals surface area contributed by atoms with E-state index in [1.165, 1.54) is 0 Å². The maximum Gasteiger partial charge on any atom is 0.261 e. The third-order valence-electron chi connectivity index (χ3n) is 5.59. The first kappa shape index (κ1) is 26.2. The highest BCUT2D eigenvalue weighted by molar-refractivity contribution is 5.88. The molecular weight excluding hydrogens is 416 g/mol. The predicted molar refractivity (Wildman–Crippen MR) is 132 cm³/mol. The molecule has 0 aliphatic heterocycles. The lowest BCUT2D eigenvalue weighted by Gasteiger charge is -2.31. The Hall–Kier alpha value is -3.02. The van der Waals surface area contributed by atoms with Gasteiger partial charge in [0.1, 0.15) is 17.5 Å². The Balaban J connectivity index is 2.24. The van der Waals surface area contributed by atoms with Crippen LogP contribution in [0, 0.1) is 0 Å². The van der Waals surface area contributed by atoms with Gasteiger partial charge in [-0.1, -0.05) is 64.4 Å². The van der Waals surface area contributed by atoms with E-state index in [9.17, 15) is 9.59 Å². The molecule has 0 spiro atoms. The van der Waals surface area contributed by atoms with Gasteiger partial charge in [0.05, 0.1) is 7.11 Å². The summed E-state index contributed by atoms with van der Waals surface area (Å²) < 4.78 is 11.3. The van der Waals surface area contributed by atoms with Crippen molar-refractivity contribution in [3.63, 3.8) is 0 Å². The van der Waals surface area contributed by atoms with Crippen molar-refractivity contribution in [1.82, 2.24) is 10.2 Å². The van der Waals surface area contributed by atoms with Crippen LogP contribution >= 0.6 is 0 Å². The lowest BCUT2D eigenvalue weighted by Crippen LogP contribution is -2.50. The van der Waals surface area contributed by atoms with Gasteiger partial charge in [0.2, 0.25) is 5.91 Å². The number of hydrogen-bond acceptors (Lipinski definition) is 4. The van der Waals surface area contributed by atoms with E-state index in [4.69, 9.17) is 9.47 Å². The van der Waals surface area contributed by atoms with E-state index in [0.717, 1.165) is 24.0 Å². The normalized spacial score (nSPS) is 11.7. The van der Waals surface area contributed by atoms with Gasteiger partial charge in [0.25, 0.3) is 5.91 Å². The number of carbonyl (C=O) groups is 2. The lowest BCUT2D eigenvalue weighted by molar-refractivity contribution is -0.143. The Morgan fingerprint density at radius 3 is 2.48 bits per heavy atom. The Morgan fingerprint density at radius 2 is 1.82 bits per heavy atom. The van der Waals surface area contributed by atoms with Gasteiger partial charge < -0.3 is 19.7 Å². The number of para-hydroxylation sites is 1. The summed E-state index contributed by atoms with van der Waals surface area (Å²) in [6.45, 7) is 8.95. The minimum atomic E-state index is -0.579. The summed E-state index contributed by atoms with van der Waals surface area (Å²) >= 11 is 0. The Labute approximate surface area is 198 Å². The number of unbranched alkanes of at least 4 members (excludes halogenated alkanes) is 1. The summed E-state index contributed by atoms with van der Waals surface area (Å²) in [4.78, 5) is 28.0. The fourth-order valence-electron chi connectivity index (χ4n) is 3.70. The second-order valence-corrected chi connectivity index (χ2v) is 8.42. The fraction of sp³-hybridized carbons (Fsp3) is 0.481. The van der Waals surface area contributed by atoms with Crippen LogP contribution in [0.3, 0.4) is 0 Å². The van der Waals surface area contributed by atoms with Gasteiger partial charge in [0, 0.05) is 13.1 Å². The number of methoxy groups -OCH3 is 1. The average molecular weight is 455 g/mol. The van der Waals surface area contributed by atoms with Crippen molar-refractivity contribution in [1.29, 1.82) is 0 Å². The number of amides is 2. The van der Waals surface area contributed by atoms with Crippen molar-refractivity contribution in [2.24, 2.45) is 0 Å². The van der Waals surface area contributed by atoms with Crippen LogP contribution in [0.4, 0.5) is 0 Å². The molecule has 0 aliphatic rings. The lowest BCUT2D eigenvalue weighted by atomic mass is 10.0. The molecule has 6 heteroatoms. The summed E-state index contributed by atoms with van der Waals surface area (Å²) in [5, 5.41) is 2.98. The Morgan fingerprint density at radius 1 is 1.06 bits per heavy atom. The average Bonchev–Trinajstić information content (AvgIpc) is 2.82. The number of rotatable bonds is 13. The molecular formula is C27H38N2O4. The molecule has 2 amide bonds. The van der Waals surface area contributed by atoms with Crippen molar-refractivity contribution in [2.75, 3.05) is 20.3 Å². The molecule has 0 aliphatic carbocycles. The van der Waals surface area contributed by atoms with Crippen molar-refractivity contribution in [3.8, 4) is 11.5 Å². The van der Waals surface area contributed by atoms with E-state index in [0.29, 0.717) is 31.0 Å². The molecule has 0 aromatic heterocycles. The highest BCUT2D eigenvalue weighted by atomic mass is 16.5. The maximum atomic E-state index is 13.4. The maximum absolute atomic E-state index is 13.4. The van der Waals surface area contributed by atoms with Crippen LogP contribution in [0.5, 0.6) is 11.5 Å². The Bertz CT molecular complexity index is 897. The van der Waals surface area contributed by atoms with Gasteiger partial charge >= 0.3 is 0 Å². The molecule has 2 aromatic rings. The molecule has 0 heterocycles. The van der Waals surface area contributed by atoms with Crippen LogP contribution < -0.4 is 14.8 Å². The number of hydrogen-bond donors (Lipinski definition) is 1. The molecule has 2 rings (SSSR count). The first-order chi connectivity index (χ1) is 15.9. The van der Waals surface area contributed by atoms with Gasteiger partial charge in [-0.2, -0.15) is 0 Å². The number of ether oxygens (including phenoxy) is 2. The van der Waals surface area contributed by atoms with E-state index in [1.54, 1.807) is 12.0 Å². The zero-order valence-corrected chi connectivity index (χ0v) is 20.6. The first-order valence-electron chi connectivity index (χ1n) is 11.8. The molecule has 2 aromatic carbocycles. The second-order valence-electron chi connectivity index (χ2n) is 8.42. The molecule has 0 saturated carbocycles. The largest absolute Gasteiger partial charge is 0.497 e. The van der Waals surface area contributed by atoms with Gasteiger partial charge in [-0.25, -0.2) is 0 Å². The summed E-state index contributed by atoms with van der Waals surface area (Å²) in [7, 11) is 1.61. The number of benzene rings is 2. The summed E-state index contributed by atoms with van der Waals surface area (Å²) in [5.41, 5.74) is 1.94. The molecule has 33 heavy (non-hydrogen) atoms. The molecule has 0 radical (unpaired) electrons. The smallest absolute Gasteiger partial charge is 0.261 e. The van der Waals surface area contributed by atoms with Crippen LogP contribution in [-0.4, -0.2) is 43.0 Å². The van der Waals surface area contributed by atoms with E-state index in [1.807, 2.05) is 55.5 Å². The van der Waals surface area contributed by atoms with Crippen LogP contribution in [-0.2, 0) is 16.1 Å². The number of nitrogens with one attached hydrogen (secondary N) is 1. The topological polar surface area (TPSA) is 67.9 Å². The van der Waals surface area contributed by atoms with Crippen LogP contribution in [0.15, 0.2) is 48.5 Å². The highest BCUT2D eigenvalue weighted by Crippen LogP contribution is 2.26. The van der Waals surface area contributed by atoms with E-state index < -0.39 is 6.04 Å². The predicted octanol–water partition coefficient (Wildman–Crippen LogP) is 4.92. The Kier molecular flexibility index (Phi) is 10.7.